The third-order valence-electron chi connectivity index (χ3n) is 2.78. The highest BCUT2D eigenvalue weighted by Crippen LogP contribution is 2.31. The minimum atomic E-state index is -4.36. The first-order chi connectivity index (χ1) is 9.27. The van der Waals surface area contributed by atoms with Gasteiger partial charge in [0, 0.05) is 11.1 Å². The number of hydrogen-bond donors (Lipinski definition) is 1. The predicted molar refractivity (Wildman–Crippen MR) is 72.9 cm³/mol. The van der Waals surface area contributed by atoms with Crippen LogP contribution in [-0.4, -0.2) is 9.97 Å². The summed E-state index contributed by atoms with van der Waals surface area (Å²) in [6.07, 6.45) is -3.21. The molecule has 108 valence electrons. The molecule has 0 aliphatic rings. The van der Waals surface area contributed by atoms with Gasteiger partial charge >= 0.3 is 6.18 Å². The Bertz CT molecular complexity index is 607. The van der Waals surface area contributed by atoms with Crippen molar-refractivity contribution in [1.29, 1.82) is 0 Å². The molecule has 20 heavy (non-hydrogen) atoms. The summed E-state index contributed by atoms with van der Waals surface area (Å²) in [5, 5.41) is 3.92. The number of pyridine rings is 1. The van der Waals surface area contributed by atoms with Crippen molar-refractivity contribution < 1.29 is 13.2 Å². The van der Waals surface area contributed by atoms with Gasteiger partial charge in [-0.25, -0.2) is 9.97 Å². The van der Waals surface area contributed by atoms with Gasteiger partial charge in [-0.3, -0.25) is 0 Å². The fraction of sp³-hybridized carbons (Fsp3) is 0.385. The van der Waals surface area contributed by atoms with Crippen molar-refractivity contribution in [2.45, 2.75) is 33.0 Å². The molecule has 0 bridgehead atoms. The van der Waals surface area contributed by atoms with E-state index in [1.165, 1.54) is 11.3 Å². The molecule has 1 atom stereocenters. The zero-order chi connectivity index (χ0) is 14.9. The maximum Gasteiger partial charge on any atom is 0.416 e. The minimum absolute atomic E-state index is 0.141. The molecule has 0 aliphatic heterocycles. The highest BCUT2D eigenvalue weighted by Gasteiger charge is 2.30. The van der Waals surface area contributed by atoms with Gasteiger partial charge < -0.3 is 5.32 Å². The second-order valence-corrected chi connectivity index (χ2v) is 5.71. The fourth-order valence-electron chi connectivity index (χ4n) is 1.92. The molecule has 0 radical (unpaired) electrons. The molecule has 1 N–H and O–H groups in total. The van der Waals surface area contributed by atoms with Crippen LogP contribution in [-0.2, 0) is 6.18 Å². The fourth-order valence-corrected chi connectivity index (χ4v) is 2.85. The first-order valence-electron chi connectivity index (χ1n) is 6.01. The Labute approximate surface area is 118 Å². The van der Waals surface area contributed by atoms with Crippen molar-refractivity contribution in [3.8, 4) is 0 Å². The van der Waals surface area contributed by atoms with Crippen molar-refractivity contribution >= 4 is 17.2 Å². The highest BCUT2D eigenvalue weighted by atomic mass is 32.1. The van der Waals surface area contributed by atoms with Crippen LogP contribution in [0, 0.1) is 13.8 Å². The number of halogens is 3. The van der Waals surface area contributed by atoms with Gasteiger partial charge in [0.15, 0.2) is 0 Å². The van der Waals surface area contributed by atoms with Crippen molar-refractivity contribution in [2.24, 2.45) is 0 Å². The summed E-state index contributed by atoms with van der Waals surface area (Å²) in [6, 6.07) is 1.83. The summed E-state index contributed by atoms with van der Waals surface area (Å²) in [7, 11) is 0. The maximum absolute atomic E-state index is 12.6. The molecule has 0 amide bonds. The van der Waals surface area contributed by atoms with Gasteiger partial charge in [-0.2, -0.15) is 13.2 Å². The van der Waals surface area contributed by atoms with Crippen LogP contribution in [0.5, 0.6) is 0 Å². The van der Waals surface area contributed by atoms with E-state index in [4.69, 9.17) is 0 Å². The number of nitrogens with zero attached hydrogens (tertiary/aromatic N) is 2. The monoisotopic (exact) mass is 301 g/mol. The Morgan fingerprint density at radius 1 is 1.30 bits per heavy atom. The molecule has 0 aliphatic carbocycles. The molecule has 7 heteroatoms. The van der Waals surface area contributed by atoms with Crippen LogP contribution in [0.15, 0.2) is 18.3 Å². The summed E-state index contributed by atoms with van der Waals surface area (Å²) < 4.78 is 37.9. The Hall–Kier alpha value is -1.63. The lowest BCUT2D eigenvalue weighted by Crippen LogP contribution is -2.10. The molecule has 2 heterocycles. The van der Waals surface area contributed by atoms with Crippen LogP contribution in [0.4, 0.5) is 19.0 Å². The predicted octanol–water partition coefficient (Wildman–Crippen LogP) is 4.35. The number of nitrogens with one attached hydrogen (secondary N) is 1. The second kappa shape index (κ2) is 5.40. The average molecular weight is 301 g/mol. The Balaban J connectivity index is 2.20. The number of hydrogen-bond acceptors (Lipinski definition) is 4. The van der Waals surface area contributed by atoms with E-state index < -0.39 is 11.7 Å². The van der Waals surface area contributed by atoms with Gasteiger partial charge in [0.2, 0.25) is 0 Å². The van der Waals surface area contributed by atoms with Crippen molar-refractivity contribution in [1.82, 2.24) is 9.97 Å². The van der Waals surface area contributed by atoms with E-state index >= 15 is 0 Å². The quantitative estimate of drug-likeness (QED) is 0.916. The van der Waals surface area contributed by atoms with E-state index in [0.29, 0.717) is 0 Å². The molecular weight excluding hydrogens is 287 g/mol. The van der Waals surface area contributed by atoms with Crippen LogP contribution >= 0.6 is 11.3 Å². The maximum atomic E-state index is 12.6. The van der Waals surface area contributed by atoms with Gasteiger partial charge in [-0.1, -0.05) is 0 Å². The van der Waals surface area contributed by atoms with E-state index in [2.05, 4.69) is 15.3 Å². The SMILES string of the molecule is Cc1nc(C)c(C(C)Nc2cc(C(F)(F)F)ccn2)s1. The van der Waals surface area contributed by atoms with Gasteiger partial charge in [-0.05, 0) is 32.9 Å². The lowest BCUT2D eigenvalue weighted by Gasteiger charge is -2.15. The third-order valence-corrected chi connectivity index (χ3v) is 4.04. The molecule has 0 saturated carbocycles. The summed E-state index contributed by atoms with van der Waals surface area (Å²) >= 11 is 1.53. The normalized spacial score (nSPS) is 13.3. The Morgan fingerprint density at radius 3 is 2.55 bits per heavy atom. The van der Waals surface area contributed by atoms with Gasteiger partial charge in [0.25, 0.3) is 0 Å². The van der Waals surface area contributed by atoms with Crippen molar-refractivity contribution in [3.63, 3.8) is 0 Å². The largest absolute Gasteiger partial charge is 0.416 e. The molecule has 0 saturated heterocycles. The molecule has 0 aromatic carbocycles. The third kappa shape index (κ3) is 3.27. The highest BCUT2D eigenvalue weighted by molar-refractivity contribution is 7.11. The van der Waals surface area contributed by atoms with Crippen LogP contribution in [0.25, 0.3) is 0 Å². The lowest BCUT2D eigenvalue weighted by molar-refractivity contribution is -0.137. The topological polar surface area (TPSA) is 37.8 Å². The van der Waals surface area contributed by atoms with Crippen LogP contribution < -0.4 is 5.32 Å². The van der Waals surface area contributed by atoms with E-state index in [0.717, 1.165) is 33.9 Å². The minimum Gasteiger partial charge on any atom is -0.363 e. The zero-order valence-electron chi connectivity index (χ0n) is 11.2. The molecular formula is C13H14F3N3S. The van der Waals surface area contributed by atoms with Gasteiger partial charge in [-0.15, -0.1) is 11.3 Å². The molecule has 0 spiro atoms. The Kier molecular flexibility index (Phi) is 3.99. The first kappa shape index (κ1) is 14.8. The number of thiazole rings is 1. The van der Waals surface area contributed by atoms with Crippen LogP contribution in [0.1, 0.15) is 34.1 Å². The van der Waals surface area contributed by atoms with E-state index in [1.807, 2.05) is 20.8 Å². The lowest BCUT2D eigenvalue weighted by atomic mass is 10.2. The molecule has 2 rings (SSSR count). The second-order valence-electron chi connectivity index (χ2n) is 4.48. The van der Waals surface area contributed by atoms with Crippen LogP contribution in [0.3, 0.4) is 0 Å². The Morgan fingerprint density at radius 2 is 2.00 bits per heavy atom. The van der Waals surface area contributed by atoms with E-state index in [9.17, 15) is 13.2 Å². The molecule has 0 fully saturated rings. The van der Waals surface area contributed by atoms with E-state index in [1.54, 1.807) is 0 Å². The standard InChI is InChI=1S/C13H14F3N3S/c1-7-12(20-9(3)18-7)8(2)19-11-6-10(4-5-17-11)13(14,15)16/h4-6,8H,1-3H3,(H,17,19). The zero-order valence-corrected chi connectivity index (χ0v) is 12.1. The van der Waals surface area contributed by atoms with Gasteiger partial charge in [0.05, 0.1) is 22.3 Å². The number of rotatable bonds is 3. The summed E-state index contributed by atoms with van der Waals surface area (Å²) in [4.78, 5) is 9.24. The molecule has 2 aromatic rings. The van der Waals surface area contributed by atoms with Gasteiger partial charge in [0.1, 0.15) is 5.82 Å². The summed E-state index contributed by atoms with van der Waals surface area (Å²) in [5.41, 5.74) is 0.180. The summed E-state index contributed by atoms with van der Waals surface area (Å²) in [6.45, 7) is 5.66. The van der Waals surface area contributed by atoms with E-state index in [-0.39, 0.29) is 11.9 Å². The number of aryl methyl sites for hydroxylation is 2. The van der Waals surface area contributed by atoms with Crippen LogP contribution in [0.2, 0.25) is 0 Å². The first-order valence-corrected chi connectivity index (χ1v) is 6.82. The van der Waals surface area contributed by atoms with Crippen molar-refractivity contribution in [2.75, 3.05) is 5.32 Å². The number of anilines is 1. The summed E-state index contributed by atoms with van der Waals surface area (Å²) in [5.74, 6) is 0.206. The smallest absolute Gasteiger partial charge is 0.363 e. The average Bonchev–Trinajstić information content (AvgIpc) is 2.68. The molecule has 2 aromatic heterocycles. The molecule has 1 unspecified atom stereocenters. The van der Waals surface area contributed by atoms with Crippen molar-refractivity contribution in [3.05, 3.63) is 39.5 Å². The number of aromatic nitrogens is 2. The number of alkyl halides is 3. The molecule has 3 nitrogen and oxygen atoms in total.